The van der Waals surface area contributed by atoms with Crippen LogP contribution in [0.4, 0.5) is 0 Å². The van der Waals surface area contributed by atoms with E-state index in [1.54, 1.807) is 27.7 Å². The molecule has 0 unspecified atom stereocenters. The van der Waals surface area contributed by atoms with Gasteiger partial charge in [0.15, 0.2) is 0 Å². The van der Waals surface area contributed by atoms with Crippen LogP contribution in [-0.4, -0.2) is 22.8 Å². The third-order valence-corrected chi connectivity index (χ3v) is 5.43. The first-order chi connectivity index (χ1) is 11.7. The van der Waals surface area contributed by atoms with Gasteiger partial charge in [0.25, 0.3) is 0 Å². The van der Waals surface area contributed by atoms with Crippen LogP contribution in [0.1, 0.15) is 55.6 Å². The van der Waals surface area contributed by atoms with E-state index in [0.717, 1.165) is 22.3 Å². The molecular formula is C21H22O4Y3-2. The summed E-state index contributed by atoms with van der Waals surface area (Å²) in [6.45, 7) is 10.9. The standard InChI is InChI=1S/C21H22O4.3Y/c1-10-12(3)20(24)18(8-22)14(5)16(10)7-17-11(2)13(4)21(25)19(9-23)15(17)6;;;/h24-25H,7H2,1-6H3;;;/q-2;;;. The first kappa shape index (κ1) is 30.9. The van der Waals surface area contributed by atoms with Gasteiger partial charge in [-0.3, -0.25) is 0 Å². The molecule has 0 bridgehead atoms. The quantitative estimate of drug-likeness (QED) is 0.525. The van der Waals surface area contributed by atoms with E-state index in [1.165, 1.54) is 0 Å². The van der Waals surface area contributed by atoms with Crippen molar-refractivity contribution in [2.45, 2.75) is 48.0 Å². The molecule has 0 saturated carbocycles. The van der Waals surface area contributed by atoms with E-state index in [0.29, 0.717) is 28.7 Å². The summed E-state index contributed by atoms with van der Waals surface area (Å²) in [7, 11) is 0. The second kappa shape index (κ2) is 12.5. The molecule has 3 radical (unpaired) electrons. The van der Waals surface area contributed by atoms with E-state index >= 15 is 0 Å². The molecule has 0 saturated heterocycles. The fourth-order valence-corrected chi connectivity index (χ4v) is 3.36. The molecule has 2 aromatic rings. The van der Waals surface area contributed by atoms with E-state index in [-0.39, 0.29) is 121 Å². The van der Waals surface area contributed by atoms with Crippen LogP contribution < -0.4 is 0 Å². The van der Waals surface area contributed by atoms with E-state index in [9.17, 15) is 19.8 Å². The van der Waals surface area contributed by atoms with Gasteiger partial charge >= 0.3 is 0 Å². The van der Waals surface area contributed by atoms with Crippen LogP contribution in [-0.2, 0) is 114 Å². The summed E-state index contributed by atoms with van der Waals surface area (Å²) in [6.07, 6.45) is 4.14. The largest absolute Gasteiger partial charge is 0.565 e. The number of benzene rings is 2. The number of rotatable bonds is 4. The van der Waals surface area contributed by atoms with E-state index in [2.05, 4.69) is 0 Å². The van der Waals surface area contributed by atoms with Crippen LogP contribution in [0, 0.1) is 41.5 Å². The molecule has 7 heteroatoms. The SMILES string of the molecule is Cc1c(C)c(Cc2c(C)c(C)c(O)c([C-]=O)c2C)c(C)c([C-]=O)c1O.[Y].[Y].[Y]. The number of hydrogen-bond acceptors (Lipinski definition) is 4. The molecule has 0 spiro atoms. The van der Waals surface area contributed by atoms with Crippen molar-refractivity contribution in [3.8, 4) is 11.5 Å². The molecule has 0 amide bonds. The van der Waals surface area contributed by atoms with E-state index < -0.39 is 0 Å². The van der Waals surface area contributed by atoms with Crippen molar-refractivity contribution in [2.24, 2.45) is 0 Å². The van der Waals surface area contributed by atoms with Crippen LogP contribution in [0.25, 0.3) is 0 Å². The molecule has 0 aliphatic heterocycles. The van der Waals surface area contributed by atoms with Gasteiger partial charge in [0.05, 0.1) is 12.6 Å². The van der Waals surface area contributed by atoms with Crippen LogP contribution in [0.3, 0.4) is 0 Å². The zero-order chi connectivity index (χ0) is 19.0. The monoisotopic (exact) mass is 605 g/mol. The molecule has 0 atom stereocenters. The Balaban J connectivity index is 0. The van der Waals surface area contributed by atoms with Gasteiger partial charge in [0.2, 0.25) is 0 Å². The van der Waals surface area contributed by atoms with Crippen molar-refractivity contribution < 1.29 is 118 Å². The maximum atomic E-state index is 11.3. The fraction of sp³-hybridized carbons (Fsp3) is 0.333. The fourth-order valence-electron chi connectivity index (χ4n) is 3.36. The van der Waals surface area contributed by atoms with Crippen molar-refractivity contribution in [2.75, 3.05) is 0 Å². The van der Waals surface area contributed by atoms with Gasteiger partial charge in [-0.25, -0.2) is 0 Å². The molecule has 0 heterocycles. The molecule has 28 heavy (non-hydrogen) atoms. The minimum absolute atomic E-state index is 0. The summed E-state index contributed by atoms with van der Waals surface area (Å²) in [4.78, 5) is 22.6. The number of hydrogen-bond donors (Lipinski definition) is 2. The molecule has 2 aromatic carbocycles. The average molecular weight is 605 g/mol. The predicted octanol–water partition coefficient (Wildman–Crippen LogP) is 3.45. The Morgan fingerprint density at radius 1 is 0.571 bits per heavy atom. The second-order valence-corrected chi connectivity index (χ2v) is 6.54. The van der Waals surface area contributed by atoms with Crippen molar-refractivity contribution in [1.82, 2.24) is 0 Å². The Morgan fingerprint density at radius 2 is 0.857 bits per heavy atom. The number of phenolic OH excluding ortho intramolecular Hbond substituents is 2. The maximum Gasteiger partial charge on any atom is 0.0665 e. The molecular weight excluding hydrogens is 583 g/mol. The Bertz CT molecular complexity index is 832. The zero-order valence-corrected chi connectivity index (χ0v) is 25.7. The van der Waals surface area contributed by atoms with Gasteiger partial charge in [-0.05, 0) is 34.1 Å². The third kappa shape index (κ3) is 5.48. The smallest absolute Gasteiger partial charge is 0.0665 e. The van der Waals surface area contributed by atoms with E-state index in [4.69, 9.17) is 0 Å². The van der Waals surface area contributed by atoms with Gasteiger partial charge in [-0.2, -0.15) is 0 Å². The van der Waals surface area contributed by atoms with Crippen molar-refractivity contribution in [3.63, 3.8) is 0 Å². The number of carbonyl (C=O) groups excluding carboxylic acids is 2. The van der Waals surface area contributed by atoms with Gasteiger partial charge in [-0.1, -0.05) is 47.2 Å². The van der Waals surface area contributed by atoms with Gasteiger partial charge in [0, 0.05) is 110 Å². The summed E-state index contributed by atoms with van der Waals surface area (Å²) >= 11 is 0. The first-order valence-electron chi connectivity index (χ1n) is 8.06. The Hall–Kier alpha value is 0.692. The number of phenols is 2. The molecule has 2 rings (SSSR count). The Morgan fingerprint density at radius 3 is 1.11 bits per heavy atom. The minimum atomic E-state index is -0.0361. The van der Waals surface area contributed by atoms with Crippen molar-refractivity contribution in [3.05, 3.63) is 55.6 Å². The molecule has 4 nitrogen and oxygen atoms in total. The van der Waals surface area contributed by atoms with Gasteiger partial charge < -0.3 is 19.8 Å². The molecule has 0 aliphatic carbocycles. The van der Waals surface area contributed by atoms with Gasteiger partial charge in [-0.15, -0.1) is 22.3 Å². The van der Waals surface area contributed by atoms with Gasteiger partial charge in [0.1, 0.15) is 0 Å². The maximum absolute atomic E-state index is 11.3. The number of aromatic hydroxyl groups is 2. The second-order valence-electron chi connectivity index (χ2n) is 6.54. The minimum Gasteiger partial charge on any atom is -0.565 e. The topological polar surface area (TPSA) is 74.6 Å². The van der Waals surface area contributed by atoms with E-state index in [1.807, 2.05) is 26.4 Å². The van der Waals surface area contributed by atoms with Crippen LogP contribution in [0.5, 0.6) is 11.5 Å². The summed E-state index contributed by atoms with van der Waals surface area (Å²) in [5.74, 6) is -0.0722. The zero-order valence-electron chi connectivity index (χ0n) is 17.2. The molecule has 0 fully saturated rings. The van der Waals surface area contributed by atoms with Crippen LogP contribution in [0.2, 0.25) is 0 Å². The molecule has 2 N–H and O–H groups in total. The first-order valence-corrected chi connectivity index (χ1v) is 8.06. The van der Waals surface area contributed by atoms with Crippen LogP contribution in [0.15, 0.2) is 0 Å². The van der Waals surface area contributed by atoms with Crippen molar-refractivity contribution >= 4 is 12.6 Å². The summed E-state index contributed by atoms with van der Waals surface area (Å²) in [5, 5.41) is 20.3. The third-order valence-electron chi connectivity index (χ3n) is 5.43. The summed E-state index contributed by atoms with van der Waals surface area (Å²) in [6, 6.07) is 0. The Labute approximate surface area is 242 Å². The molecule has 0 aromatic heterocycles. The predicted molar refractivity (Wildman–Crippen MR) is 97.0 cm³/mol. The van der Waals surface area contributed by atoms with Crippen molar-refractivity contribution in [1.29, 1.82) is 0 Å². The summed E-state index contributed by atoms with van der Waals surface area (Å²) < 4.78 is 0. The normalized spacial score (nSPS) is 9.64. The van der Waals surface area contributed by atoms with Crippen LogP contribution >= 0.6 is 0 Å². The molecule has 141 valence electrons. The summed E-state index contributed by atoms with van der Waals surface area (Å²) in [5.41, 5.74) is 6.62. The molecule has 0 aliphatic rings. The Kier molecular flexibility index (Phi) is 13.8. The average Bonchev–Trinajstić information content (AvgIpc) is 2.58.